The van der Waals surface area contributed by atoms with Gasteiger partial charge in [-0.1, -0.05) is 105 Å². The minimum Gasteiger partial charge on any atom is -0.310 e. The van der Waals surface area contributed by atoms with Crippen LogP contribution in [0.15, 0.2) is 200 Å². The first-order valence-corrected chi connectivity index (χ1v) is 21.9. The number of thiophene rings is 1. The predicted octanol–water partition coefficient (Wildman–Crippen LogP) is 15.6. The van der Waals surface area contributed by atoms with Crippen molar-refractivity contribution in [3.63, 3.8) is 0 Å². The Labute approximate surface area is 356 Å². The van der Waals surface area contributed by atoms with Gasteiger partial charge in [0.2, 0.25) is 0 Å². The van der Waals surface area contributed by atoms with Crippen molar-refractivity contribution in [2.45, 2.75) is 19.3 Å². The first kappa shape index (κ1) is 34.5. The minimum atomic E-state index is -0.105. The van der Waals surface area contributed by atoms with E-state index in [0.29, 0.717) is 0 Å². The number of hydrogen-bond acceptors (Lipinski definition) is 1. The lowest BCUT2D eigenvalue weighted by Crippen LogP contribution is -2.15. The van der Waals surface area contributed by atoms with Gasteiger partial charge in [0.1, 0.15) is 0 Å². The van der Waals surface area contributed by atoms with Crippen LogP contribution in [0.4, 0.5) is 0 Å². The first-order valence-electron chi connectivity index (χ1n) is 21.1. The summed E-state index contributed by atoms with van der Waals surface area (Å²) < 4.78 is 9.85. The van der Waals surface area contributed by atoms with Crippen molar-refractivity contribution in [2.75, 3.05) is 0 Å². The number of nitrogens with zero attached hydrogens (tertiary/aromatic N) is 3. The van der Waals surface area contributed by atoms with E-state index in [0.717, 1.165) is 39.1 Å². The Morgan fingerprint density at radius 2 is 0.918 bits per heavy atom. The molecular weight excluding hydrogens is 759 g/mol. The molecule has 12 aromatic rings. The van der Waals surface area contributed by atoms with E-state index in [9.17, 15) is 0 Å². The Kier molecular flexibility index (Phi) is 7.23. The average Bonchev–Trinajstić information content (AvgIpc) is 3.91. The van der Waals surface area contributed by atoms with Gasteiger partial charge in [0.15, 0.2) is 0 Å². The SMILES string of the molecule is CC1(C)c2ccccc2-c2ccc(-n3c4cccc(c4)c4cccc(c4)n(-c4ccc5c(c4)c4ccccc4n5-c4ccccc4)c4ccc5sc6ccc3cc6c5c4)cc21. The molecule has 13 rings (SSSR count). The van der Waals surface area contributed by atoms with Crippen LogP contribution in [0.2, 0.25) is 0 Å². The molecule has 3 nitrogen and oxygen atoms in total. The van der Waals surface area contributed by atoms with Crippen LogP contribution in [0.25, 0.3) is 103 Å². The van der Waals surface area contributed by atoms with Gasteiger partial charge in [-0.3, -0.25) is 0 Å². The Bertz CT molecular complexity index is 3850. The molecule has 288 valence electrons. The summed E-state index contributed by atoms with van der Waals surface area (Å²) in [5, 5.41) is 7.33. The molecule has 0 radical (unpaired) electrons. The lowest BCUT2D eigenvalue weighted by Gasteiger charge is -2.22. The molecule has 9 aromatic carbocycles. The largest absolute Gasteiger partial charge is 0.310 e. The Morgan fingerprint density at radius 1 is 0.344 bits per heavy atom. The van der Waals surface area contributed by atoms with Gasteiger partial charge in [-0.2, -0.15) is 0 Å². The smallest absolute Gasteiger partial charge is 0.0542 e. The lowest BCUT2D eigenvalue weighted by molar-refractivity contribution is 0.660. The number of fused-ring (bicyclic) bond motifs is 13. The summed E-state index contributed by atoms with van der Waals surface area (Å²) in [5.41, 5.74) is 15.7. The van der Waals surface area contributed by atoms with Crippen molar-refractivity contribution in [3.05, 3.63) is 211 Å². The summed E-state index contributed by atoms with van der Waals surface area (Å²) in [6, 6.07) is 74.6. The summed E-state index contributed by atoms with van der Waals surface area (Å²) in [7, 11) is 0. The molecule has 0 spiro atoms. The van der Waals surface area contributed by atoms with Crippen LogP contribution in [0, 0.1) is 0 Å². The standard InChI is InChI=1S/C57H39N3S/c1-57(2)51-20-8-6-18-45(51)46-26-22-44(35-52(46)57)59-40-17-11-13-37(31-40)36-12-10-16-39(30-36)58(42-24-28-55-49(33-42)50-34-43(59)25-29-56(50)61-55)41-23-27-54-48(32-41)47-19-7-9-21-53(47)60(54)38-14-4-3-5-15-38/h3-35H,1-2H3. The average molecular weight is 798 g/mol. The minimum absolute atomic E-state index is 0.105. The van der Waals surface area contributed by atoms with E-state index in [1.54, 1.807) is 0 Å². The van der Waals surface area contributed by atoms with E-state index in [-0.39, 0.29) is 5.41 Å². The summed E-state index contributed by atoms with van der Waals surface area (Å²) in [6.45, 7) is 4.73. The monoisotopic (exact) mass is 797 g/mol. The molecule has 0 atom stereocenters. The number of rotatable bonds is 3. The molecule has 1 aliphatic rings. The maximum absolute atomic E-state index is 2.46. The third-order valence-electron chi connectivity index (χ3n) is 13.2. The second kappa shape index (κ2) is 12.8. The fourth-order valence-electron chi connectivity index (χ4n) is 10.4. The fraction of sp³-hybridized carbons (Fsp3) is 0.0526. The molecule has 0 fully saturated rings. The van der Waals surface area contributed by atoms with Gasteiger partial charge in [-0.15, -0.1) is 11.3 Å². The molecule has 0 N–H and O–H groups in total. The molecule has 0 unspecified atom stereocenters. The van der Waals surface area contributed by atoms with E-state index in [4.69, 9.17) is 0 Å². The van der Waals surface area contributed by atoms with Crippen molar-refractivity contribution < 1.29 is 0 Å². The second-order valence-electron chi connectivity index (χ2n) is 17.0. The molecule has 8 bridgehead atoms. The van der Waals surface area contributed by atoms with Crippen LogP contribution >= 0.6 is 11.3 Å². The van der Waals surface area contributed by atoms with E-state index >= 15 is 0 Å². The maximum Gasteiger partial charge on any atom is 0.0542 e. The fourth-order valence-corrected chi connectivity index (χ4v) is 11.4. The van der Waals surface area contributed by atoms with Crippen LogP contribution in [0.1, 0.15) is 25.0 Å². The van der Waals surface area contributed by atoms with Crippen molar-refractivity contribution in [1.82, 2.24) is 13.7 Å². The van der Waals surface area contributed by atoms with Crippen LogP contribution in [0.3, 0.4) is 0 Å². The van der Waals surface area contributed by atoms with Gasteiger partial charge in [-0.25, -0.2) is 0 Å². The maximum atomic E-state index is 2.46. The van der Waals surface area contributed by atoms with Crippen LogP contribution in [-0.4, -0.2) is 13.7 Å². The van der Waals surface area contributed by atoms with Gasteiger partial charge in [0.25, 0.3) is 0 Å². The zero-order chi connectivity index (χ0) is 40.4. The zero-order valence-electron chi connectivity index (χ0n) is 33.8. The van der Waals surface area contributed by atoms with Crippen molar-refractivity contribution in [3.8, 4) is 28.2 Å². The van der Waals surface area contributed by atoms with Crippen molar-refractivity contribution in [2.24, 2.45) is 0 Å². The molecule has 3 heterocycles. The highest BCUT2D eigenvalue weighted by Crippen LogP contribution is 2.49. The highest BCUT2D eigenvalue weighted by molar-refractivity contribution is 7.25. The quantitative estimate of drug-likeness (QED) is 0.169. The Hall–Kier alpha value is -7.40. The van der Waals surface area contributed by atoms with E-state index < -0.39 is 0 Å². The number of hydrogen-bond donors (Lipinski definition) is 0. The Morgan fingerprint density at radius 3 is 1.64 bits per heavy atom. The van der Waals surface area contributed by atoms with Crippen LogP contribution in [0.5, 0.6) is 0 Å². The Balaban J connectivity index is 1.11. The van der Waals surface area contributed by atoms with Crippen molar-refractivity contribution >= 4 is 86.2 Å². The van der Waals surface area contributed by atoms with Gasteiger partial charge in [0.05, 0.1) is 11.0 Å². The second-order valence-corrected chi connectivity index (χ2v) is 18.1. The zero-order valence-corrected chi connectivity index (χ0v) is 34.6. The molecule has 0 aliphatic heterocycles. The molecule has 0 saturated heterocycles. The number of aromatic nitrogens is 3. The van der Waals surface area contributed by atoms with Gasteiger partial charge in [0, 0.05) is 75.5 Å². The van der Waals surface area contributed by atoms with Gasteiger partial charge < -0.3 is 13.7 Å². The van der Waals surface area contributed by atoms with Gasteiger partial charge >= 0.3 is 0 Å². The normalized spacial score (nSPS) is 13.2. The summed E-state index contributed by atoms with van der Waals surface area (Å²) in [6.07, 6.45) is 0. The summed E-state index contributed by atoms with van der Waals surface area (Å²) >= 11 is 1.87. The molecule has 0 saturated carbocycles. The van der Waals surface area contributed by atoms with Crippen molar-refractivity contribution in [1.29, 1.82) is 0 Å². The molecule has 0 amide bonds. The third-order valence-corrected chi connectivity index (χ3v) is 14.4. The summed E-state index contributed by atoms with van der Waals surface area (Å²) in [4.78, 5) is 0. The number of para-hydroxylation sites is 2. The topological polar surface area (TPSA) is 14.8 Å². The van der Waals surface area contributed by atoms with E-state index in [2.05, 4.69) is 228 Å². The van der Waals surface area contributed by atoms with Gasteiger partial charge in [-0.05, 0) is 142 Å². The molecule has 3 aromatic heterocycles. The lowest BCUT2D eigenvalue weighted by atomic mass is 9.82. The molecule has 61 heavy (non-hydrogen) atoms. The van der Waals surface area contributed by atoms with E-state index in [1.165, 1.54) is 75.0 Å². The highest BCUT2D eigenvalue weighted by atomic mass is 32.1. The summed E-state index contributed by atoms with van der Waals surface area (Å²) in [5.74, 6) is 0. The predicted molar refractivity (Wildman–Crippen MR) is 260 cm³/mol. The van der Waals surface area contributed by atoms with Crippen LogP contribution in [-0.2, 0) is 5.41 Å². The van der Waals surface area contributed by atoms with Crippen LogP contribution < -0.4 is 0 Å². The molecule has 1 aliphatic carbocycles. The third kappa shape index (κ3) is 5.09. The molecule has 4 heteroatoms. The van der Waals surface area contributed by atoms with E-state index in [1.807, 2.05) is 11.3 Å². The first-order chi connectivity index (χ1) is 30.0. The highest BCUT2D eigenvalue weighted by Gasteiger charge is 2.35. The molecular formula is C57H39N3S. The number of benzene rings is 9.